The van der Waals surface area contributed by atoms with Crippen LogP contribution in [0.4, 0.5) is 11.6 Å². The van der Waals surface area contributed by atoms with Gasteiger partial charge in [-0.2, -0.15) is 0 Å². The highest BCUT2D eigenvalue weighted by Crippen LogP contribution is 2.41. The van der Waals surface area contributed by atoms with Crippen LogP contribution in [-0.2, 0) is 10.5 Å². The molecule has 2 heterocycles. The second-order valence-electron chi connectivity index (χ2n) is 8.15. The topological polar surface area (TPSA) is 81.5 Å². The van der Waals surface area contributed by atoms with Crippen molar-refractivity contribution < 1.29 is 14.3 Å². The number of benzene rings is 2. The standard InChI is InChI=1S/C24H27N5O3S/c1-31-21-10-6-19(7-11-21)25-22(30)18-4-2-17(3-5-18)16-33-24-27-26-23(29(24)20-8-9-20)28-12-14-32-15-13-28/h2-7,10-11,20H,8-9,12-16H2,1H3,(H,25,30). The van der Waals surface area contributed by atoms with Crippen LogP contribution in [0.5, 0.6) is 5.75 Å². The van der Waals surface area contributed by atoms with Gasteiger partial charge in [-0.3, -0.25) is 9.36 Å². The van der Waals surface area contributed by atoms with E-state index in [0.29, 0.717) is 11.6 Å². The highest BCUT2D eigenvalue weighted by Gasteiger charge is 2.32. The van der Waals surface area contributed by atoms with Gasteiger partial charge in [0.15, 0.2) is 5.16 Å². The molecule has 1 saturated carbocycles. The van der Waals surface area contributed by atoms with Crippen LogP contribution in [-0.4, -0.2) is 54.1 Å². The molecule has 33 heavy (non-hydrogen) atoms. The Labute approximate surface area is 197 Å². The molecule has 1 amide bonds. The first-order chi connectivity index (χ1) is 16.2. The van der Waals surface area contributed by atoms with Gasteiger partial charge in [0.25, 0.3) is 5.91 Å². The van der Waals surface area contributed by atoms with Gasteiger partial charge >= 0.3 is 0 Å². The molecule has 2 aromatic carbocycles. The summed E-state index contributed by atoms with van der Waals surface area (Å²) in [6.45, 7) is 3.18. The van der Waals surface area contributed by atoms with E-state index in [-0.39, 0.29) is 5.91 Å². The van der Waals surface area contributed by atoms with E-state index in [4.69, 9.17) is 9.47 Å². The zero-order valence-corrected chi connectivity index (χ0v) is 19.4. The van der Waals surface area contributed by atoms with Crippen molar-refractivity contribution in [2.75, 3.05) is 43.6 Å². The van der Waals surface area contributed by atoms with Crippen LogP contribution in [0, 0.1) is 0 Å². The van der Waals surface area contributed by atoms with Gasteiger partial charge in [0.2, 0.25) is 5.95 Å². The van der Waals surface area contributed by atoms with E-state index in [1.54, 1.807) is 18.9 Å². The second kappa shape index (κ2) is 9.84. The van der Waals surface area contributed by atoms with Gasteiger partial charge in [0, 0.05) is 36.1 Å². The zero-order chi connectivity index (χ0) is 22.6. The molecule has 8 nitrogen and oxygen atoms in total. The van der Waals surface area contributed by atoms with Crippen LogP contribution >= 0.6 is 11.8 Å². The summed E-state index contributed by atoms with van der Waals surface area (Å²) in [5.41, 5.74) is 2.49. The number of rotatable bonds is 8. The molecular formula is C24H27N5O3S. The van der Waals surface area contributed by atoms with E-state index < -0.39 is 0 Å². The Bertz CT molecular complexity index is 1090. The summed E-state index contributed by atoms with van der Waals surface area (Å²) in [5, 5.41) is 12.9. The largest absolute Gasteiger partial charge is 0.497 e. The first-order valence-corrected chi connectivity index (χ1v) is 12.1. The number of methoxy groups -OCH3 is 1. The first kappa shape index (κ1) is 21.8. The molecule has 0 unspecified atom stereocenters. The summed E-state index contributed by atoms with van der Waals surface area (Å²) in [7, 11) is 1.62. The number of thioether (sulfide) groups is 1. The van der Waals surface area contributed by atoms with Crippen molar-refractivity contribution in [1.29, 1.82) is 0 Å². The van der Waals surface area contributed by atoms with E-state index in [0.717, 1.165) is 60.2 Å². The monoisotopic (exact) mass is 465 g/mol. The highest BCUT2D eigenvalue weighted by molar-refractivity contribution is 7.98. The number of anilines is 2. The molecule has 0 atom stereocenters. The van der Waals surface area contributed by atoms with Crippen molar-refractivity contribution >= 4 is 29.3 Å². The number of hydrogen-bond acceptors (Lipinski definition) is 7. The predicted octanol–water partition coefficient (Wildman–Crippen LogP) is 4.00. The van der Waals surface area contributed by atoms with Crippen LogP contribution in [0.1, 0.15) is 34.8 Å². The van der Waals surface area contributed by atoms with Gasteiger partial charge in [0.1, 0.15) is 5.75 Å². The van der Waals surface area contributed by atoms with Crippen LogP contribution in [0.25, 0.3) is 0 Å². The van der Waals surface area contributed by atoms with Gasteiger partial charge in [-0.05, 0) is 54.8 Å². The number of hydrogen-bond donors (Lipinski definition) is 1. The fourth-order valence-electron chi connectivity index (χ4n) is 3.78. The third kappa shape index (κ3) is 5.15. The summed E-state index contributed by atoms with van der Waals surface area (Å²) < 4.78 is 12.9. The zero-order valence-electron chi connectivity index (χ0n) is 18.6. The number of carbonyl (C=O) groups is 1. The number of carbonyl (C=O) groups excluding carboxylic acids is 1. The van der Waals surface area contributed by atoms with Crippen molar-refractivity contribution in [3.63, 3.8) is 0 Å². The number of nitrogens with zero attached hydrogens (tertiary/aromatic N) is 4. The smallest absolute Gasteiger partial charge is 0.255 e. The molecule has 0 radical (unpaired) electrons. The van der Waals surface area contributed by atoms with Gasteiger partial charge < -0.3 is 19.7 Å². The number of ether oxygens (including phenoxy) is 2. The molecule has 2 fully saturated rings. The Morgan fingerprint density at radius 1 is 1.09 bits per heavy atom. The number of aromatic nitrogens is 3. The molecule has 1 saturated heterocycles. The Morgan fingerprint density at radius 2 is 1.82 bits per heavy atom. The molecule has 1 aliphatic heterocycles. The number of morpholine rings is 1. The first-order valence-electron chi connectivity index (χ1n) is 11.2. The van der Waals surface area contributed by atoms with Crippen molar-refractivity contribution in [2.45, 2.75) is 29.8 Å². The second-order valence-corrected chi connectivity index (χ2v) is 9.09. The molecule has 0 bridgehead atoms. The Kier molecular flexibility index (Phi) is 6.50. The third-order valence-corrected chi connectivity index (χ3v) is 6.80. The molecule has 0 spiro atoms. The van der Waals surface area contributed by atoms with E-state index in [1.165, 1.54) is 12.8 Å². The van der Waals surface area contributed by atoms with E-state index >= 15 is 0 Å². The lowest BCUT2D eigenvalue weighted by Gasteiger charge is -2.27. The maximum absolute atomic E-state index is 12.6. The summed E-state index contributed by atoms with van der Waals surface area (Å²) in [6.07, 6.45) is 2.36. The Hall–Kier alpha value is -3.04. The minimum Gasteiger partial charge on any atom is -0.497 e. The molecule has 1 aromatic heterocycles. The average Bonchev–Trinajstić information content (AvgIpc) is 3.62. The van der Waals surface area contributed by atoms with Crippen LogP contribution in [0.3, 0.4) is 0 Å². The molecular weight excluding hydrogens is 438 g/mol. The third-order valence-electron chi connectivity index (χ3n) is 5.78. The molecule has 3 aromatic rings. The van der Waals surface area contributed by atoms with Crippen LogP contribution in [0.2, 0.25) is 0 Å². The maximum Gasteiger partial charge on any atom is 0.255 e. The van der Waals surface area contributed by atoms with Crippen LogP contribution in [0.15, 0.2) is 53.7 Å². The molecule has 1 N–H and O–H groups in total. The lowest BCUT2D eigenvalue weighted by atomic mass is 10.1. The van der Waals surface area contributed by atoms with Gasteiger partial charge in [0.05, 0.1) is 20.3 Å². The van der Waals surface area contributed by atoms with Crippen molar-refractivity contribution in [3.8, 4) is 5.75 Å². The predicted molar refractivity (Wildman–Crippen MR) is 128 cm³/mol. The number of nitrogens with one attached hydrogen (secondary N) is 1. The van der Waals surface area contributed by atoms with E-state index in [9.17, 15) is 4.79 Å². The molecule has 9 heteroatoms. The average molecular weight is 466 g/mol. The Balaban J connectivity index is 1.21. The fourth-order valence-corrected chi connectivity index (χ4v) is 4.73. The summed E-state index contributed by atoms with van der Waals surface area (Å²) in [6, 6.07) is 15.5. The lowest BCUT2D eigenvalue weighted by molar-refractivity contribution is 0.102. The molecule has 5 rings (SSSR count). The summed E-state index contributed by atoms with van der Waals surface area (Å²) in [5.74, 6) is 2.36. The molecule has 1 aliphatic carbocycles. The summed E-state index contributed by atoms with van der Waals surface area (Å²) in [4.78, 5) is 14.8. The molecule has 2 aliphatic rings. The Morgan fingerprint density at radius 3 is 2.48 bits per heavy atom. The highest BCUT2D eigenvalue weighted by atomic mass is 32.2. The maximum atomic E-state index is 12.6. The van der Waals surface area contributed by atoms with E-state index in [1.807, 2.05) is 48.5 Å². The lowest BCUT2D eigenvalue weighted by Crippen LogP contribution is -2.38. The van der Waals surface area contributed by atoms with Crippen LogP contribution < -0.4 is 15.0 Å². The van der Waals surface area contributed by atoms with Crippen molar-refractivity contribution in [3.05, 3.63) is 59.7 Å². The minimum absolute atomic E-state index is 0.136. The van der Waals surface area contributed by atoms with Crippen molar-refractivity contribution in [1.82, 2.24) is 14.8 Å². The van der Waals surface area contributed by atoms with Gasteiger partial charge in [-0.25, -0.2) is 0 Å². The van der Waals surface area contributed by atoms with Crippen molar-refractivity contribution in [2.24, 2.45) is 0 Å². The molecule has 172 valence electrons. The fraction of sp³-hybridized carbons (Fsp3) is 0.375. The SMILES string of the molecule is COc1ccc(NC(=O)c2ccc(CSc3nnc(N4CCOCC4)n3C3CC3)cc2)cc1. The summed E-state index contributed by atoms with van der Waals surface area (Å²) >= 11 is 1.69. The quantitative estimate of drug-likeness (QED) is 0.504. The van der Waals surface area contributed by atoms with Gasteiger partial charge in [-0.15, -0.1) is 10.2 Å². The number of amides is 1. The minimum atomic E-state index is -0.136. The normalized spacial score (nSPS) is 16.0. The van der Waals surface area contributed by atoms with Gasteiger partial charge in [-0.1, -0.05) is 23.9 Å². The van der Waals surface area contributed by atoms with E-state index in [2.05, 4.69) is 25.0 Å².